The second-order valence-electron chi connectivity index (χ2n) is 4.05. The summed E-state index contributed by atoms with van der Waals surface area (Å²) in [4.78, 5) is 29.0. The summed E-state index contributed by atoms with van der Waals surface area (Å²) in [7, 11) is 1.32. The number of thiophene rings is 1. The van der Waals surface area contributed by atoms with E-state index in [1.54, 1.807) is 18.3 Å². The summed E-state index contributed by atoms with van der Waals surface area (Å²) in [5, 5.41) is 5.13. The van der Waals surface area contributed by atoms with Gasteiger partial charge in [0.05, 0.1) is 12.8 Å². The number of carbonyl (C=O) groups is 2. The molecule has 2 heterocycles. The third kappa shape index (κ3) is 3.64. The molecule has 106 valence electrons. The van der Waals surface area contributed by atoms with Crippen LogP contribution in [0, 0.1) is 6.92 Å². The molecule has 0 saturated heterocycles. The van der Waals surface area contributed by atoms with Crippen molar-refractivity contribution in [2.24, 2.45) is 0 Å². The van der Waals surface area contributed by atoms with Crippen LogP contribution in [-0.2, 0) is 16.0 Å². The van der Waals surface area contributed by atoms with E-state index in [0.29, 0.717) is 28.5 Å². The Morgan fingerprint density at radius 2 is 2.25 bits per heavy atom. The maximum absolute atomic E-state index is 11.8. The quantitative estimate of drug-likeness (QED) is 0.862. The molecule has 5 nitrogen and oxygen atoms in total. The minimum absolute atomic E-state index is 0.108. The fourth-order valence-electron chi connectivity index (χ4n) is 1.61. The molecule has 0 bridgehead atoms. The summed E-state index contributed by atoms with van der Waals surface area (Å²) in [6.07, 6.45) is 1.10. The van der Waals surface area contributed by atoms with E-state index in [-0.39, 0.29) is 5.91 Å². The first-order chi connectivity index (χ1) is 9.60. The van der Waals surface area contributed by atoms with Gasteiger partial charge in [-0.05, 0) is 24.8 Å². The van der Waals surface area contributed by atoms with Crippen LogP contribution < -0.4 is 5.32 Å². The van der Waals surface area contributed by atoms with Gasteiger partial charge in [-0.25, -0.2) is 9.78 Å². The summed E-state index contributed by atoms with van der Waals surface area (Å²) in [5.74, 6) is -0.539. The third-order valence-electron chi connectivity index (χ3n) is 2.59. The Balaban J connectivity index is 1.92. The van der Waals surface area contributed by atoms with Crippen LogP contribution >= 0.6 is 22.7 Å². The largest absolute Gasteiger partial charge is 0.465 e. The van der Waals surface area contributed by atoms with Crippen molar-refractivity contribution >= 4 is 39.7 Å². The van der Waals surface area contributed by atoms with Gasteiger partial charge in [0.1, 0.15) is 4.88 Å². The summed E-state index contributed by atoms with van der Waals surface area (Å²) >= 11 is 2.76. The molecule has 1 amide bonds. The molecule has 0 aliphatic heterocycles. The Kier molecular flexibility index (Phi) is 4.86. The summed E-state index contributed by atoms with van der Waals surface area (Å²) < 4.78 is 4.65. The van der Waals surface area contributed by atoms with E-state index >= 15 is 0 Å². The highest BCUT2D eigenvalue weighted by Gasteiger charge is 2.16. The Labute approximate surface area is 124 Å². The molecule has 0 saturated carbocycles. The van der Waals surface area contributed by atoms with Crippen molar-refractivity contribution in [2.75, 3.05) is 12.4 Å². The zero-order valence-electron chi connectivity index (χ0n) is 11.1. The van der Waals surface area contributed by atoms with E-state index in [2.05, 4.69) is 15.0 Å². The highest BCUT2D eigenvalue weighted by molar-refractivity contribution is 7.17. The van der Waals surface area contributed by atoms with Crippen molar-refractivity contribution in [2.45, 2.75) is 19.8 Å². The maximum atomic E-state index is 11.8. The van der Waals surface area contributed by atoms with Gasteiger partial charge < -0.3 is 10.1 Å². The molecule has 0 aromatic carbocycles. The highest BCUT2D eigenvalue weighted by atomic mass is 32.1. The predicted octanol–water partition coefficient (Wildman–Crippen LogP) is 2.87. The van der Waals surface area contributed by atoms with Gasteiger partial charge >= 0.3 is 5.97 Å². The lowest BCUT2D eigenvalue weighted by molar-refractivity contribution is -0.116. The van der Waals surface area contributed by atoms with Crippen molar-refractivity contribution < 1.29 is 14.3 Å². The van der Waals surface area contributed by atoms with Gasteiger partial charge in [-0.1, -0.05) is 17.4 Å². The average molecular weight is 310 g/mol. The molecule has 0 fully saturated rings. The van der Waals surface area contributed by atoms with Crippen LogP contribution in [0.15, 0.2) is 17.5 Å². The minimum Gasteiger partial charge on any atom is -0.465 e. The molecule has 1 N–H and O–H groups in total. The van der Waals surface area contributed by atoms with E-state index in [1.165, 1.54) is 12.0 Å². The van der Waals surface area contributed by atoms with Crippen LogP contribution in [0.2, 0.25) is 0 Å². The van der Waals surface area contributed by atoms with Crippen LogP contribution in [0.1, 0.15) is 26.7 Å². The number of aryl methyl sites for hydroxylation is 2. The van der Waals surface area contributed by atoms with Gasteiger partial charge in [-0.2, -0.15) is 0 Å². The van der Waals surface area contributed by atoms with Gasteiger partial charge in [0.2, 0.25) is 5.91 Å². The van der Waals surface area contributed by atoms with Gasteiger partial charge in [0.15, 0.2) is 5.13 Å². The number of hydrogen-bond donors (Lipinski definition) is 1. The number of esters is 1. The lowest BCUT2D eigenvalue weighted by Gasteiger charge is -2.00. The standard InChI is InChI=1S/C13H14N2O3S2/c1-8-11(12(17)18-2)20-13(14-8)15-10(16)6-5-9-4-3-7-19-9/h3-4,7H,5-6H2,1-2H3,(H,14,15,16). The molecule has 2 aromatic rings. The maximum Gasteiger partial charge on any atom is 0.350 e. The van der Waals surface area contributed by atoms with E-state index in [1.807, 2.05) is 17.5 Å². The molecule has 0 spiro atoms. The molecule has 20 heavy (non-hydrogen) atoms. The van der Waals surface area contributed by atoms with Crippen LogP contribution in [0.25, 0.3) is 0 Å². The first-order valence-electron chi connectivity index (χ1n) is 5.98. The van der Waals surface area contributed by atoms with E-state index in [0.717, 1.165) is 11.3 Å². The fraction of sp³-hybridized carbons (Fsp3) is 0.308. The van der Waals surface area contributed by atoms with Crippen molar-refractivity contribution in [1.82, 2.24) is 4.98 Å². The zero-order chi connectivity index (χ0) is 14.5. The predicted molar refractivity (Wildman–Crippen MR) is 79.5 cm³/mol. The van der Waals surface area contributed by atoms with Gasteiger partial charge in [0.25, 0.3) is 0 Å². The Morgan fingerprint density at radius 3 is 2.90 bits per heavy atom. The average Bonchev–Trinajstić information content (AvgIpc) is 3.05. The number of methoxy groups -OCH3 is 1. The zero-order valence-corrected chi connectivity index (χ0v) is 12.8. The van der Waals surface area contributed by atoms with Crippen LogP contribution in [0.5, 0.6) is 0 Å². The molecule has 0 aliphatic carbocycles. The highest BCUT2D eigenvalue weighted by Crippen LogP contribution is 2.23. The first kappa shape index (κ1) is 14.7. The first-order valence-corrected chi connectivity index (χ1v) is 7.67. The molecular formula is C13H14N2O3S2. The summed E-state index contributed by atoms with van der Waals surface area (Å²) in [6, 6.07) is 3.96. The molecule has 2 aromatic heterocycles. The van der Waals surface area contributed by atoms with Gasteiger partial charge in [-0.3, -0.25) is 4.79 Å². The lowest BCUT2D eigenvalue weighted by atomic mass is 10.2. The molecule has 7 heteroatoms. The minimum atomic E-state index is -0.431. The van der Waals surface area contributed by atoms with Crippen LogP contribution in [0.3, 0.4) is 0 Å². The molecule has 2 rings (SSSR count). The van der Waals surface area contributed by atoms with Gasteiger partial charge in [-0.15, -0.1) is 11.3 Å². The molecular weight excluding hydrogens is 296 g/mol. The van der Waals surface area contributed by atoms with Crippen LogP contribution in [0.4, 0.5) is 5.13 Å². The second kappa shape index (κ2) is 6.62. The number of rotatable bonds is 5. The topological polar surface area (TPSA) is 68.3 Å². The summed E-state index contributed by atoms with van der Waals surface area (Å²) in [6.45, 7) is 1.71. The molecule has 0 aliphatic rings. The number of amides is 1. The number of aromatic nitrogens is 1. The number of anilines is 1. The van der Waals surface area contributed by atoms with E-state index in [9.17, 15) is 9.59 Å². The number of ether oxygens (including phenoxy) is 1. The molecule has 0 atom stereocenters. The number of thiazole rings is 1. The monoisotopic (exact) mass is 310 g/mol. The number of nitrogens with one attached hydrogen (secondary N) is 1. The third-order valence-corrected chi connectivity index (χ3v) is 4.58. The van der Waals surface area contributed by atoms with E-state index in [4.69, 9.17) is 0 Å². The van der Waals surface area contributed by atoms with Crippen molar-refractivity contribution in [3.05, 3.63) is 33.0 Å². The second-order valence-corrected chi connectivity index (χ2v) is 6.08. The van der Waals surface area contributed by atoms with Crippen LogP contribution in [-0.4, -0.2) is 24.0 Å². The van der Waals surface area contributed by atoms with Crippen molar-refractivity contribution in [3.8, 4) is 0 Å². The number of hydrogen-bond acceptors (Lipinski definition) is 6. The summed E-state index contributed by atoms with van der Waals surface area (Å²) in [5.41, 5.74) is 0.565. The molecule has 0 unspecified atom stereocenters. The van der Waals surface area contributed by atoms with E-state index < -0.39 is 5.97 Å². The smallest absolute Gasteiger partial charge is 0.350 e. The number of carbonyl (C=O) groups excluding carboxylic acids is 2. The Morgan fingerprint density at radius 1 is 1.45 bits per heavy atom. The Hall–Kier alpha value is -1.73. The van der Waals surface area contributed by atoms with Crippen molar-refractivity contribution in [1.29, 1.82) is 0 Å². The normalized spacial score (nSPS) is 10.3. The Bertz CT molecular complexity index is 605. The number of nitrogens with zero attached hydrogens (tertiary/aromatic N) is 1. The molecule has 0 radical (unpaired) electrons. The fourth-order valence-corrected chi connectivity index (χ4v) is 3.22. The van der Waals surface area contributed by atoms with Gasteiger partial charge in [0, 0.05) is 11.3 Å². The lowest BCUT2D eigenvalue weighted by Crippen LogP contribution is -2.11. The van der Waals surface area contributed by atoms with Crippen molar-refractivity contribution in [3.63, 3.8) is 0 Å². The SMILES string of the molecule is COC(=O)c1sc(NC(=O)CCc2cccs2)nc1C.